The van der Waals surface area contributed by atoms with Crippen LogP contribution in [0.3, 0.4) is 0 Å². The first-order chi connectivity index (χ1) is 48.4. The lowest BCUT2D eigenvalue weighted by Crippen LogP contribution is -2.55. The number of thioether (sulfide) groups is 2. The van der Waals surface area contributed by atoms with Crippen LogP contribution >= 0.6 is 23.5 Å². The molecule has 1 unspecified atom stereocenters. The Hall–Kier alpha value is -7.51. The van der Waals surface area contributed by atoms with Crippen molar-refractivity contribution in [1.82, 2.24) is 51.3 Å². The number of fused-ring (bicyclic) bond motifs is 1. The topological polar surface area (TPSA) is 390 Å². The predicted octanol–water partition coefficient (Wildman–Crippen LogP) is 5.59. The average Bonchev–Trinajstić information content (AvgIpc) is 1.31. The number of carbonyl (C=O) groups excluding carboxylic acids is 10. The average molecular weight is 1460 g/mol. The van der Waals surface area contributed by atoms with Gasteiger partial charge in [-0.1, -0.05) is 72.1 Å². The summed E-state index contributed by atoms with van der Waals surface area (Å²) in [5.41, 5.74) is 19.4. The molecule has 1 aliphatic rings. The highest BCUT2D eigenvalue weighted by Crippen LogP contribution is 2.32. The maximum Gasteiger partial charge on any atom is 0.251 e. The molecule has 1 aromatic heterocycles. The van der Waals surface area contributed by atoms with Crippen molar-refractivity contribution >= 4 is 99.2 Å². The number of ether oxygens (including phenoxy) is 4. The van der Waals surface area contributed by atoms with Crippen molar-refractivity contribution < 1.29 is 66.9 Å². The molecule has 0 spiro atoms. The molecule has 3 aromatic rings. The number of Topliss-reactive ketones (excluding diaryl/α,β-unsaturated/α-hetero) is 1. The summed E-state index contributed by atoms with van der Waals surface area (Å²) in [6, 6.07) is 5.87. The Morgan fingerprint density at radius 3 is 1.95 bits per heavy atom. The van der Waals surface area contributed by atoms with Gasteiger partial charge in [0.2, 0.25) is 47.3 Å². The summed E-state index contributed by atoms with van der Waals surface area (Å²) in [4.78, 5) is 152. The summed E-state index contributed by atoms with van der Waals surface area (Å²) >= 11 is 3.33. The standard InChI is InChI=1S/C71H111N15O14S2/c1-17-43(6)64(85(12)71(96)51(41(2)3)35-58(87)63(42(4)5)84(10)11)59(97-13)37-62(90)86-28-18-19-57(86)65(98-14)44(7)66(91)79-50(38-75-83-73)33-47-20-23-49(24-21-47)78-70(95)54(36-60(72)88)82-68(93)46(9)77-67(92)45(8)76-61(89)26-29-99-31-32-100-30-27-74-69(94)48-22-25-52-53(34-48)81-56(40-102-16)55(80-52)39-101-15/h20-25,34,41-46,50-51,54,57,59,63-65H,17-19,26-33,35-40H2,1-16H3,(H2,72,88)(H,74,94)(H,76,89)(H,77,92)(H,78,95)(H,79,91)(H,82,93)/t43-,44+,45-,46-,50-,51?,54-,57-,59+,63-,64-,65+/m0/s1. The molecule has 0 radical (unpaired) electrons. The number of nitrogens with zero attached hydrogens (tertiary/aromatic N) is 8. The fraction of sp³-hybridized carbons (Fsp3) is 0.662. The molecule has 4 rings (SSSR count). The number of methoxy groups -OCH3 is 2. The molecule has 1 fully saturated rings. The number of rotatable bonds is 46. The molecule has 8 N–H and O–H groups in total. The second-order valence-electron chi connectivity index (χ2n) is 26.9. The van der Waals surface area contributed by atoms with E-state index in [1.54, 1.807) is 89.8 Å². The third-order valence-corrected chi connectivity index (χ3v) is 19.4. The van der Waals surface area contributed by atoms with Crippen LogP contribution in [0.25, 0.3) is 21.5 Å². The minimum absolute atomic E-state index is 0.000406. The lowest BCUT2D eigenvalue weighted by Gasteiger charge is -2.41. The van der Waals surface area contributed by atoms with Gasteiger partial charge in [0.25, 0.3) is 5.91 Å². The van der Waals surface area contributed by atoms with Crippen LogP contribution in [0.5, 0.6) is 0 Å². The summed E-state index contributed by atoms with van der Waals surface area (Å²) in [6.45, 7) is 17.5. The van der Waals surface area contributed by atoms with Gasteiger partial charge in [-0.3, -0.25) is 52.8 Å². The Morgan fingerprint density at radius 1 is 0.745 bits per heavy atom. The van der Waals surface area contributed by atoms with Gasteiger partial charge < -0.3 is 66.4 Å². The summed E-state index contributed by atoms with van der Waals surface area (Å²) in [5.74, 6) is -4.90. The normalized spacial score (nSPS) is 16.3. The molecule has 0 bridgehead atoms. The summed E-state index contributed by atoms with van der Waals surface area (Å²) in [7, 11) is 8.48. The van der Waals surface area contributed by atoms with E-state index in [1.165, 1.54) is 28.1 Å². The molecule has 566 valence electrons. The second-order valence-corrected chi connectivity index (χ2v) is 28.7. The zero-order valence-corrected chi connectivity index (χ0v) is 64.0. The van der Waals surface area contributed by atoms with Gasteiger partial charge in [0.15, 0.2) is 5.78 Å². The quantitative estimate of drug-likeness (QED) is 0.0157. The third kappa shape index (κ3) is 26.9. The number of primary amides is 1. The zero-order chi connectivity index (χ0) is 75.9. The van der Waals surface area contributed by atoms with Crippen molar-refractivity contribution in [2.45, 2.75) is 180 Å². The van der Waals surface area contributed by atoms with Crippen molar-refractivity contribution in [3.05, 3.63) is 75.4 Å². The van der Waals surface area contributed by atoms with E-state index in [4.69, 9.17) is 34.6 Å². The number of azide groups is 1. The van der Waals surface area contributed by atoms with Crippen molar-refractivity contribution in [3.8, 4) is 0 Å². The van der Waals surface area contributed by atoms with Gasteiger partial charge >= 0.3 is 0 Å². The van der Waals surface area contributed by atoms with Crippen molar-refractivity contribution in [2.75, 3.05) is 99.3 Å². The molecule has 0 aliphatic carbocycles. The number of amides is 9. The van der Waals surface area contributed by atoms with E-state index in [-0.39, 0.29) is 118 Å². The lowest BCUT2D eigenvalue weighted by atomic mass is 9.83. The molecule has 0 saturated carbocycles. The van der Waals surface area contributed by atoms with Gasteiger partial charge in [0, 0.05) is 93.4 Å². The number of aromatic nitrogens is 2. The number of hydrogen-bond acceptors (Lipinski definition) is 20. The Labute approximate surface area is 609 Å². The van der Waals surface area contributed by atoms with E-state index < -0.39 is 102 Å². The molecule has 31 heteroatoms. The second kappa shape index (κ2) is 44.2. The molecule has 9 amide bonds. The first kappa shape index (κ1) is 86.9. The number of likely N-dealkylation sites (tertiary alicyclic amines) is 1. The Kier molecular flexibility index (Phi) is 37.7. The van der Waals surface area contributed by atoms with Gasteiger partial charge in [0.1, 0.15) is 18.1 Å². The van der Waals surface area contributed by atoms with Crippen molar-refractivity contribution in [1.29, 1.82) is 0 Å². The molecule has 12 atom stereocenters. The number of benzene rings is 2. The maximum absolute atomic E-state index is 14.5. The van der Waals surface area contributed by atoms with Crippen LogP contribution in [0, 0.1) is 29.6 Å². The van der Waals surface area contributed by atoms with Gasteiger partial charge in [-0.15, -0.1) is 0 Å². The molecule has 2 aromatic carbocycles. The molecule has 2 heterocycles. The Balaban J connectivity index is 1.25. The number of anilines is 1. The van der Waals surface area contributed by atoms with E-state index in [2.05, 4.69) is 41.9 Å². The largest absolute Gasteiger partial charge is 0.379 e. The van der Waals surface area contributed by atoms with E-state index in [0.29, 0.717) is 42.5 Å². The molecule has 1 saturated heterocycles. The minimum atomic E-state index is -1.46. The highest BCUT2D eigenvalue weighted by atomic mass is 32.2. The molecular weight excluding hydrogens is 1350 g/mol. The van der Waals surface area contributed by atoms with Crippen LogP contribution in [0.15, 0.2) is 47.6 Å². The number of nitrogens with two attached hydrogens (primary N) is 1. The summed E-state index contributed by atoms with van der Waals surface area (Å²) < 4.78 is 23.2. The smallest absolute Gasteiger partial charge is 0.251 e. The maximum atomic E-state index is 14.5. The Morgan fingerprint density at radius 2 is 1.37 bits per heavy atom. The SMILES string of the molecule is CC[C@H](C)[C@@H]([C@@H](CC(=O)N1CCC[C@H]1[C@H](OC)[C@@H](C)C(=O)N[C@H](CN=[N+]=[N-])Cc1ccc(NC(=O)[C@H](CC(N)=O)NC(=O)[C@H](C)NC(=O)[C@H](C)NC(=O)CCOCCOCCNC(=O)c2ccc3nc(CSC)c(CSC)nc3c2)cc1)OC)N(C)C(=O)C(CC(=O)[C@H](C(C)C)N(C)C)C(C)C. The van der Waals surface area contributed by atoms with Crippen molar-refractivity contribution in [2.24, 2.45) is 40.4 Å². The van der Waals surface area contributed by atoms with Crippen LogP contribution in [0.4, 0.5) is 5.69 Å². The first-order valence-corrected chi connectivity index (χ1v) is 37.7. The summed E-state index contributed by atoms with van der Waals surface area (Å²) in [6.07, 6.45) is 4.00. The van der Waals surface area contributed by atoms with Crippen LogP contribution in [-0.4, -0.2) is 232 Å². The number of ketones is 1. The van der Waals surface area contributed by atoms with Crippen LogP contribution in [0.1, 0.15) is 135 Å². The number of nitrogens with one attached hydrogen (secondary N) is 6. The minimum Gasteiger partial charge on any atom is -0.379 e. The molecule has 29 nitrogen and oxygen atoms in total. The van der Waals surface area contributed by atoms with E-state index in [0.717, 1.165) is 28.4 Å². The van der Waals surface area contributed by atoms with Crippen LogP contribution in [0.2, 0.25) is 0 Å². The third-order valence-electron chi connectivity index (χ3n) is 18.3. The van der Waals surface area contributed by atoms with Gasteiger partial charge in [-0.05, 0) is 119 Å². The fourth-order valence-electron chi connectivity index (χ4n) is 12.7. The van der Waals surface area contributed by atoms with Crippen LogP contribution < -0.4 is 37.6 Å². The van der Waals surface area contributed by atoms with E-state index >= 15 is 0 Å². The predicted molar refractivity (Wildman–Crippen MR) is 395 cm³/mol. The number of hydrogen-bond donors (Lipinski definition) is 7. The highest BCUT2D eigenvalue weighted by molar-refractivity contribution is 7.98. The fourth-order valence-corrected chi connectivity index (χ4v) is 13.7. The molecule has 1 aliphatic heterocycles. The van der Waals surface area contributed by atoms with E-state index in [9.17, 15) is 53.5 Å². The van der Waals surface area contributed by atoms with Gasteiger partial charge in [0.05, 0.1) is 97.9 Å². The monoisotopic (exact) mass is 1460 g/mol. The van der Waals surface area contributed by atoms with E-state index in [1.807, 2.05) is 73.0 Å². The highest BCUT2D eigenvalue weighted by Gasteiger charge is 2.44. The lowest BCUT2D eigenvalue weighted by molar-refractivity contribution is -0.149. The summed E-state index contributed by atoms with van der Waals surface area (Å²) in [5, 5.41) is 19.8. The molecular formula is C71H111N15O14S2. The molecule has 102 heavy (non-hydrogen) atoms. The number of likely N-dealkylation sites (N-methyl/N-ethyl adjacent to an activating group) is 2. The van der Waals surface area contributed by atoms with Crippen LogP contribution in [-0.2, 0) is 80.0 Å². The van der Waals surface area contributed by atoms with Crippen molar-refractivity contribution in [3.63, 3.8) is 0 Å². The zero-order valence-electron chi connectivity index (χ0n) is 62.3. The number of carbonyl (C=O) groups is 10. The van der Waals surface area contributed by atoms with Gasteiger partial charge in [-0.2, -0.15) is 23.5 Å². The first-order valence-electron chi connectivity index (χ1n) is 34.9. The van der Waals surface area contributed by atoms with Gasteiger partial charge in [-0.25, -0.2) is 9.97 Å². The Bertz CT molecular complexity index is 3320.